The van der Waals surface area contributed by atoms with Gasteiger partial charge in [-0.15, -0.1) is 0 Å². The summed E-state index contributed by atoms with van der Waals surface area (Å²) in [5.74, 6) is 1.28. The number of fused-ring (bicyclic) bond motifs is 2. The Balaban J connectivity index is 1.62. The van der Waals surface area contributed by atoms with Crippen LogP contribution in [0.2, 0.25) is 0 Å². The van der Waals surface area contributed by atoms with E-state index in [1.54, 1.807) is 4.57 Å². The van der Waals surface area contributed by atoms with E-state index < -0.39 is 6.09 Å². The normalized spacial score (nSPS) is 13.0. The van der Waals surface area contributed by atoms with Gasteiger partial charge in [0.1, 0.15) is 5.82 Å². The second-order valence-electron chi connectivity index (χ2n) is 7.25. The van der Waals surface area contributed by atoms with Gasteiger partial charge < -0.3 is 15.7 Å². The molecule has 1 amide bonds. The van der Waals surface area contributed by atoms with Crippen molar-refractivity contribution in [2.75, 3.05) is 17.2 Å². The van der Waals surface area contributed by atoms with Crippen LogP contribution in [0.3, 0.4) is 0 Å². The maximum absolute atomic E-state index is 11.4. The molecule has 0 saturated heterocycles. The van der Waals surface area contributed by atoms with Crippen molar-refractivity contribution in [2.24, 2.45) is 0 Å². The predicted octanol–water partition coefficient (Wildman–Crippen LogP) is 3.16. The van der Waals surface area contributed by atoms with Crippen LogP contribution < -0.4 is 16.0 Å². The summed E-state index contributed by atoms with van der Waals surface area (Å²) in [7, 11) is 0. The van der Waals surface area contributed by atoms with Crippen molar-refractivity contribution < 1.29 is 9.90 Å². The van der Waals surface area contributed by atoms with Crippen LogP contribution in [0, 0.1) is 0 Å². The first-order valence-electron chi connectivity index (χ1n) is 10.0. The molecule has 2 aromatic heterocycles. The van der Waals surface area contributed by atoms with Crippen molar-refractivity contribution >= 4 is 28.9 Å². The molecule has 0 spiro atoms. The maximum atomic E-state index is 11.4. The van der Waals surface area contributed by atoms with Gasteiger partial charge in [-0.1, -0.05) is 42.5 Å². The van der Waals surface area contributed by atoms with Crippen molar-refractivity contribution in [1.82, 2.24) is 24.8 Å². The molecule has 4 aromatic rings. The third-order valence-electron chi connectivity index (χ3n) is 5.20. The number of hydrogen-bond donors (Lipinski definition) is 4. The Morgan fingerprint density at radius 1 is 1.06 bits per heavy atom. The third-order valence-corrected chi connectivity index (χ3v) is 5.20. The van der Waals surface area contributed by atoms with Gasteiger partial charge in [0.15, 0.2) is 0 Å². The number of aromatic nitrogens is 4. The molecule has 0 radical (unpaired) electrons. The number of para-hydroxylation sites is 2. The minimum atomic E-state index is -1.19. The summed E-state index contributed by atoms with van der Waals surface area (Å²) in [5, 5.41) is 18.5. The maximum Gasteiger partial charge on any atom is 0.411 e. The van der Waals surface area contributed by atoms with Crippen LogP contribution in [0.5, 0.6) is 0 Å². The SMILES string of the molecule is O=C(O)Nc1nc2ccccc2n1-c1nc2c(c(NCc3ccccc3)n1)CNCC2. The van der Waals surface area contributed by atoms with Crippen molar-refractivity contribution in [3.8, 4) is 5.95 Å². The second kappa shape index (κ2) is 8.04. The van der Waals surface area contributed by atoms with E-state index >= 15 is 0 Å². The average Bonchev–Trinajstić information content (AvgIpc) is 3.15. The Hall–Kier alpha value is -3.98. The molecule has 0 saturated carbocycles. The lowest BCUT2D eigenvalue weighted by molar-refractivity contribution is 0.209. The van der Waals surface area contributed by atoms with Crippen LogP contribution in [0.25, 0.3) is 17.0 Å². The first kappa shape index (κ1) is 19.0. The molecule has 1 aliphatic heterocycles. The summed E-state index contributed by atoms with van der Waals surface area (Å²) < 4.78 is 1.65. The summed E-state index contributed by atoms with van der Waals surface area (Å²) in [6.45, 7) is 2.12. The molecule has 1 aliphatic rings. The van der Waals surface area contributed by atoms with Gasteiger partial charge in [-0.3, -0.25) is 5.32 Å². The highest BCUT2D eigenvalue weighted by molar-refractivity contribution is 5.87. The number of nitrogens with one attached hydrogen (secondary N) is 3. The predicted molar refractivity (Wildman–Crippen MR) is 117 cm³/mol. The van der Waals surface area contributed by atoms with Crippen molar-refractivity contribution in [2.45, 2.75) is 19.5 Å². The molecule has 9 nitrogen and oxygen atoms in total. The number of carboxylic acid groups (broad SMARTS) is 1. The molecule has 4 N–H and O–H groups in total. The minimum Gasteiger partial charge on any atom is -0.465 e. The molecule has 31 heavy (non-hydrogen) atoms. The van der Waals surface area contributed by atoms with Gasteiger partial charge in [-0.05, 0) is 17.7 Å². The molecule has 0 atom stereocenters. The van der Waals surface area contributed by atoms with Gasteiger partial charge >= 0.3 is 6.09 Å². The molecular formula is C22H21N7O2. The molecule has 0 aliphatic carbocycles. The van der Waals surface area contributed by atoms with E-state index in [1.807, 2.05) is 42.5 Å². The van der Waals surface area contributed by atoms with Crippen molar-refractivity contribution in [3.63, 3.8) is 0 Å². The average molecular weight is 415 g/mol. The highest BCUT2D eigenvalue weighted by atomic mass is 16.4. The Morgan fingerprint density at radius 2 is 1.87 bits per heavy atom. The first-order chi connectivity index (χ1) is 15.2. The van der Waals surface area contributed by atoms with Crippen LogP contribution >= 0.6 is 0 Å². The number of imidazole rings is 1. The highest BCUT2D eigenvalue weighted by Crippen LogP contribution is 2.27. The quantitative estimate of drug-likeness (QED) is 0.395. The first-order valence-corrected chi connectivity index (χ1v) is 10.0. The summed E-state index contributed by atoms with van der Waals surface area (Å²) in [5.41, 5.74) is 4.50. The summed E-state index contributed by atoms with van der Waals surface area (Å²) in [6.07, 6.45) is -0.430. The third kappa shape index (κ3) is 3.78. The van der Waals surface area contributed by atoms with Gasteiger partial charge in [0, 0.05) is 31.6 Å². The van der Waals surface area contributed by atoms with Crippen LogP contribution in [0.4, 0.5) is 16.6 Å². The number of benzene rings is 2. The van der Waals surface area contributed by atoms with E-state index in [0.29, 0.717) is 24.6 Å². The Bertz CT molecular complexity index is 1250. The molecule has 0 unspecified atom stereocenters. The number of carbonyl (C=O) groups is 1. The van der Waals surface area contributed by atoms with E-state index in [-0.39, 0.29) is 5.95 Å². The van der Waals surface area contributed by atoms with E-state index in [4.69, 9.17) is 9.97 Å². The monoisotopic (exact) mass is 415 g/mol. The minimum absolute atomic E-state index is 0.164. The summed E-state index contributed by atoms with van der Waals surface area (Å²) >= 11 is 0. The number of nitrogens with zero attached hydrogens (tertiary/aromatic N) is 4. The summed E-state index contributed by atoms with van der Waals surface area (Å²) in [4.78, 5) is 25.4. The molecule has 156 valence electrons. The largest absolute Gasteiger partial charge is 0.465 e. The Morgan fingerprint density at radius 3 is 2.71 bits per heavy atom. The van der Waals surface area contributed by atoms with Crippen LogP contribution in [-0.4, -0.2) is 37.3 Å². The Labute approximate surface area is 178 Å². The molecule has 3 heterocycles. The van der Waals surface area contributed by atoms with Crippen LogP contribution in [-0.2, 0) is 19.5 Å². The van der Waals surface area contributed by atoms with E-state index in [1.165, 1.54) is 0 Å². The fourth-order valence-corrected chi connectivity index (χ4v) is 3.77. The standard InChI is InChI=1S/C22H21N7O2/c30-22(31)28-21-26-17-8-4-5-9-18(17)29(21)20-25-16-10-11-23-13-15(16)19(27-20)24-12-14-6-2-1-3-7-14/h1-9,23H,10-13H2,(H,26,28)(H,30,31)(H,24,25,27). The van der Waals surface area contributed by atoms with Gasteiger partial charge in [0.05, 0.1) is 16.7 Å². The van der Waals surface area contributed by atoms with Gasteiger partial charge in [0.25, 0.3) is 0 Å². The number of amides is 1. The Kier molecular flexibility index (Phi) is 4.93. The number of rotatable bonds is 5. The lowest BCUT2D eigenvalue weighted by Gasteiger charge is -2.21. The fraction of sp³-hybridized carbons (Fsp3) is 0.182. The lowest BCUT2D eigenvalue weighted by atomic mass is 10.1. The molecule has 2 aromatic carbocycles. The van der Waals surface area contributed by atoms with Crippen LogP contribution in [0.1, 0.15) is 16.8 Å². The topological polar surface area (TPSA) is 117 Å². The number of anilines is 2. The van der Waals surface area contributed by atoms with Crippen molar-refractivity contribution in [1.29, 1.82) is 0 Å². The molecule has 9 heteroatoms. The fourth-order valence-electron chi connectivity index (χ4n) is 3.77. The number of hydrogen-bond acceptors (Lipinski definition) is 6. The molecular weight excluding hydrogens is 394 g/mol. The van der Waals surface area contributed by atoms with Crippen molar-refractivity contribution in [3.05, 3.63) is 71.4 Å². The van der Waals surface area contributed by atoms with Gasteiger partial charge in [-0.2, -0.15) is 4.98 Å². The zero-order valence-corrected chi connectivity index (χ0v) is 16.7. The molecule has 0 fully saturated rings. The van der Waals surface area contributed by atoms with E-state index in [9.17, 15) is 9.90 Å². The zero-order valence-electron chi connectivity index (χ0n) is 16.7. The highest BCUT2D eigenvalue weighted by Gasteiger charge is 2.22. The van der Waals surface area contributed by atoms with E-state index in [2.05, 4.69) is 33.1 Å². The second-order valence-corrected chi connectivity index (χ2v) is 7.25. The molecule has 0 bridgehead atoms. The zero-order chi connectivity index (χ0) is 21.2. The lowest BCUT2D eigenvalue weighted by Crippen LogP contribution is -2.27. The molecule has 5 rings (SSSR count). The van der Waals surface area contributed by atoms with Gasteiger partial charge in [-0.25, -0.2) is 19.3 Å². The van der Waals surface area contributed by atoms with E-state index in [0.717, 1.165) is 41.1 Å². The van der Waals surface area contributed by atoms with Crippen LogP contribution in [0.15, 0.2) is 54.6 Å². The van der Waals surface area contributed by atoms with Gasteiger partial charge in [0.2, 0.25) is 11.9 Å². The smallest absolute Gasteiger partial charge is 0.411 e. The summed E-state index contributed by atoms with van der Waals surface area (Å²) in [6, 6.07) is 17.5.